The summed E-state index contributed by atoms with van der Waals surface area (Å²) in [7, 11) is 0. The molecule has 0 saturated heterocycles. The van der Waals surface area contributed by atoms with Gasteiger partial charge < -0.3 is 9.47 Å². The van der Waals surface area contributed by atoms with Crippen molar-refractivity contribution >= 4 is 49.6 Å². The van der Waals surface area contributed by atoms with E-state index in [9.17, 15) is 0 Å². The fourth-order valence-corrected chi connectivity index (χ4v) is 9.93. The summed E-state index contributed by atoms with van der Waals surface area (Å²) >= 11 is 0. The molecule has 310 valence electrons. The van der Waals surface area contributed by atoms with Gasteiger partial charge in [-0.15, -0.1) is 0 Å². The van der Waals surface area contributed by atoms with Gasteiger partial charge in [0.1, 0.15) is 0 Å². The first-order valence-corrected chi connectivity index (χ1v) is 22.7. The minimum absolute atomic E-state index is 1.07. The Morgan fingerprint density at radius 3 is 1.48 bits per heavy atom. The second-order valence-corrected chi connectivity index (χ2v) is 16.9. The number of fused-ring (bicyclic) bond motifs is 4. The maximum absolute atomic E-state index is 2.45. The number of benzene rings is 11. The molecule has 0 aliphatic heterocycles. The van der Waals surface area contributed by atoms with Gasteiger partial charge in [-0.25, -0.2) is 0 Å². The molecule has 0 aliphatic carbocycles. The van der Waals surface area contributed by atoms with E-state index < -0.39 is 0 Å². The highest BCUT2D eigenvalue weighted by atomic mass is 15.1. The van der Waals surface area contributed by atoms with Crippen LogP contribution in [-0.2, 0) is 0 Å². The van der Waals surface area contributed by atoms with E-state index in [4.69, 9.17) is 0 Å². The Morgan fingerprint density at radius 2 is 0.742 bits per heavy atom. The standard InChI is InChI=1S/C64H44N2/c1-3-19-47(20-4-1)55-28-9-13-33-60(55)65(52-40-37-45(38-41-52)49-25-17-26-50(43-49)54-32-18-24-46-23-7-8-27-53(46)54)64-42-39-51(44-59(64)48-21-5-2-6-22-48)56-29-10-14-34-61(56)66-62-35-15-11-30-57(62)58-31-12-16-36-63(58)66/h1-44H. The molecule has 12 rings (SSSR count). The van der Waals surface area contributed by atoms with Gasteiger partial charge >= 0.3 is 0 Å². The van der Waals surface area contributed by atoms with Gasteiger partial charge in [0, 0.05) is 33.2 Å². The molecule has 0 spiro atoms. The largest absolute Gasteiger partial charge is 0.309 e. The summed E-state index contributed by atoms with van der Waals surface area (Å²) in [6, 6.07) is 96.9. The molecular formula is C64H44N2. The van der Waals surface area contributed by atoms with Crippen molar-refractivity contribution in [2.75, 3.05) is 4.90 Å². The number of hydrogen-bond acceptors (Lipinski definition) is 1. The third-order valence-electron chi connectivity index (χ3n) is 13.0. The van der Waals surface area contributed by atoms with E-state index in [1.807, 2.05) is 0 Å². The number of nitrogens with zero attached hydrogens (tertiary/aromatic N) is 2. The van der Waals surface area contributed by atoms with E-state index in [0.717, 1.165) is 56.1 Å². The highest BCUT2D eigenvalue weighted by molar-refractivity contribution is 6.10. The highest BCUT2D eigenvalue weighted by Crippen LogP contribution is 2.47. The summed E-state index contributed by atoms with van der Waals surface area (Å²) in [6.07, 6.45) is 0. The topological polar surface area (TPSA) is 8.17 Å². The molecule has 2 nitrogen and oxygen atoms in total. The number of para-hydroxylation sites is 4. The van der Waals surface area contributed by atoms with E-state index in [2.05, 4.69) is 276 Å². The number of hydrogen-bond donors (Lipinski definition) is 0. The van der Waals surface area contributed by atoms with Crippen LogP contribution in [-0.4, -0.2) is 4.57 Å². The Labute approximate surface area is 385 Å². The Kier molecular flexibility index (Phi) is 9.89. The van der Waals surface area contributed by atoms with Gasteiger partial charge in [0.25, 0.3) is 0 Å². The first-order chi connectivity index (χ1) is 32.8. The smallest absolute Gasteiger partial charge is 0.0541 e. The van der Waals surface area contributed by atoms with Crippen LogP contribution in [0.1, 0.15) is 0 Å². The highest BCUT2D eigenvalue weighted by Gasteiger charge is 2.23. The minimum Gasteiger partial charge on any atom is -0.309 e. The van der Waals surface area contributed by atoms with E-state index in [0.29, 0.717) is 0 Å². The van der Waals surface area contributed by atoms with Gasteiger partial charge in [0.15, 0.2) is 0 Å². The van der Waals surface area contributed by atoms with Crippen molar-refractivity contribution in [3.05, 3.63) is 267 Å². The Balaban J connectivity index is 1.03. The molecule has 1 aromatic heterocycles. The maximum atomic E-state index is 2.45. The lowest BCUT2D eigenvalue weighted by Gasteiger charge is -2.30. The molecular weight excluding hydrogens is 797 g/mol. The average molecular weight is 841 g/mol. The Bertz CT molecular complexity index is 3640. The first-order valence-electron chi connectivity index (χ1n) is 22.7. The molecule has 0 N–H and O–H groups in total. The van der Waals surface area contributed by atoms with Crippen LogP contribution in [0.4, 0.5) is 17.1 Å². The average Bonchev–Trinajstić information content (AvgIpc) is 3.74. The summed E-state index contributed by atoms with van der Waals surface area (Å²) in [6.45, 7) is 0. The lowest BCUT2D eigenvalue weighted by atomic mass is 9.94. The molecule has 0 radical (unpaired) electrons. The molecule has 0 bridgehead atoms. The Hall–Kier alpha value is -8.72. The van der Waals surface area contributed by atoms with Crippen LogP contribution in [0.5, 0.6) is 0 Å². The zero-order valence-electron chi connectivity index (χ0n) is 36.3. The molecule has 11 aromatic carbocycles. The predicted molar refractivity (Wildman–Crippen MR) is 280 cm³/mol. The van der Waals surface area contributed by atoms with E-state index >= 15 is 0 Å². The van der Waals surface area contributed by atoms with Crippen LogP contribution in [0.25, 0.3) is 93.9 Å². The molecule has 1 heterocycles. The number of aromatic nitrogens is 1. The fraction of sp³-hybridized carbons (Fsp3) is 0. The van der Waals surface area contributed by atoms with Crippen molar-refractivity contribution in [2.24, 2.45) is 0 Å². The van der Waals surface area contributed by atoms with Crippen LogP contribution in [0.15, 0.2) is 267 Å². The molecule has 12 aromatic rings. The van der Waals surface area contributed by atoms with Crippen LogP contribution >= 0.6 is 0 Å². The second kappa shape index (κ2) is 16.8. The van der Waals surface area contributed by atoms with Gasteiger partial charge in [0.05, 0.1) is 28.1 Å². The van der Waals surface area contributed by atoms with Crippen molar-refractivity contribution < 1.29 is 0 Å². The molecule has 0 aliphatic rings. The number of rotatable bonds is 9. The fourth-order valence-electron chi connectivity index (χ4n) is 9.93. The molecule has 0 atom stereocenters. The van der Waals surface area contributed by atoms with Crippen molar-refractivity contribution in [1.82, 2.24) is 4.57 Å². The minimum atomic E-state index is 1.07. The normalized spacial score (nSPS) is 11.3. The monoisotopic (exact) mass is 840 g/mol. The van der Waals surface area contributed by atoms with Crippen molar-refractivity contribution in [3.8, 4) is 61.3 Å². The molecule has 2 heteroatoms. The van der Waals surface area contributed by atoms with Crippen LogP contribution in [0, 0.1) is 0 Å². The Morgan fingerprint density at radius 1 is 0.258 bits per heavy atom. The maximum Gasteiger partial charge on any atom is 0.0541 e. The van der Waals surface area contributed by atoms with Crippen LogP contribution < -0.4 is 4.90 Å². The molecule has 0 unspecified atom stereocenters. The summed E-state index contributed by atoms with van der Waals surface area (Å²) in [4.78, 5) is 2.45. The SMILES string of the molecule is c1ccc(-c2ccccc2N(c2ccc(-c3cccc(-c4cccc5ccccc45)c3)cc2)c2ccc(-c3ccccc3-n3c4ccccc4c4ccccc43)cc2-c2ccccc2)cc1. The molecule has 0 saturated carbocycles. The van der Waals surface area contributed by atoms with E-state index in [-0.39, 0.29) is 0 Å². The van der Waals surface area contributed by atoms with Crippen molar-refractivity contribution in [2.45, 2.75) is 0 Å². The van der Waals surface area contributed by atoms with E-state index in [1.54, 1.807) is 0 Å². The first kappa shape index (κ1) is 38.9. The lowest BCUT2D eigenvalue weighted by Crippen LogP contribution is -2.12. The van der Waals surface area contributed by atoms with Crippen molar-refractivity contribution in [3.63, 3.8) is 0 Å². The number of anilines is 3. The van der Waals surface area contributed by atoms with Crippen molar-refractivity contribution in [1.29, 1.82) is 0 Å². The predicted octanol–water partition coefficient (Wildman–Crippen LogP) is 17.7. The van der Waals surface area contributed by atoms with Gasteiger partial charge in [-0.1, -0.05) is 212 Å². The van der Waals surface area contributed by atoms with Gasteiger partial charge in [-0.2, -0.15) is 0 Å². The third kappa shape index (κ3) is 6.93. The van der Waals surface area contributed by atoms with Crippen LogP contribution in [0.3, 0.4) is 0 Å². The van der Waals surface area contributed by atoms with Gasteiger partial charge in [0.2, 0.25) is 0 Å². The van der Waals surface area contributed by atoms with E-state index in [1.165, 1.54) is 54.8 Å². The summed E-state index contributed by atoms with van der Waals surface area (Å²) in [5.74, 6) is 0. The molecule has 0 amide bonds. The quantitative estimate of drug-likeness (QED) is 0.141. The van der Waals surface area contributed by atoms with Crippen LogP contribution in [0.2, 0.25) is 0 Å². The van der Waals surface area contributed by atoms with Gasteiger partial charge in [-0.05, 0) is 104 Å². The lowest BCUT2D eigenvalue weighted by molar-refractivity contribution is 1.18. The summed E-state index contributed by atoms with van der Waals surface area (Å²) in [5, 5.41) is 5.01. The summed E-state index contributed by atoms with van der Waals surface area (Å²) in [5.41, 5.74) is 18.5. The second-order valence-electron chi connectivity index (χ2n) is 16.9. The molecule has 66 heavy (non-hydrogen) atoms. The zero-order chi connectivity index (χ0) is 43.8. The van der Waals surface area contributed by atoms with Gasteiger partial charge in [-0.3, -0.25) is 0 Å². The third-order valence-corrected chi connectivity index (χ3v) is 13.0. The zero-order valence-corrected chi connectivity index (χ0v) is 36.3. The summed E-state index contributed by atoms with van der Waals surface area (Å²) < 4.78 is 2.43. The molecule has 0 fully saturated rings.